The fraction of sp³-hybridized carbons (Fsp3) is 0.583. The lowest BCUT2D eigenvalue weighted by molar-refractivity contribution is 0.399. The summed E-state index contributed by atoms with van der Waals surface area (Å²) in [6.45, 7) is 2.02. The average molecular weight is 225 g/mol. The Labute approximate surface area is 96.3 Å². The van der Waals surface area contributed by atoms with Crippen molar-refractivity contribution in [3.8, 4) is 0 Å². The first-order valence-electron chi connectivity index (χ1n) is 5.47. The molecular formula is C12H17ClN2. The molecule has 0 aliphatic heterocycles. The molecule has 0 aromatic carbocycles. The minimum absolute atomic E-state index is 0.548. The molecule has 2 rings (SSSR count). The number of aromatic nitrogens is 1. The largest absolute Gasteiger partial charge is 0.357 e. The van der Waals surface area contributed by atoms with Gasteiger partial charge >= 0.3 is 0 Å². The molecule has 1 aromatic heterocycles. The molecule has 82 valence electrons. The normalized spacial score (nSPS) is 16.2. The monoisotopic (exact) mass is 224 g/mol. The van der Waals surface area contributed by atoms with Crippen LogP contribution in [0.4, 0.5) is 5.82 Å². The highest BCUT2D eigenvalue weighted by Crippen LogP contribution is 2.27. The van der Waals surface area contributed by atoms with E-state index in [1.54, 1.807) is 0 Å². The van der Waals surface area contributed by atoms with E-state index >= 15 is 0 Å². The summed E-state index contributed by atoms with van der Waals surface area (Å²) in [4.78, 5) is 6.87. The summed E-state index contributed by atoms with van der Waals surface area (Å²) in [7, 11) is 2.13. The summed E-state index contributed by atoms with van der Waals surface area (Å²) in [6, 6.07) is 4.85. The van der Waals surface area contributed by atoms with Crippen LogP contribution in [0.3, 0.4) is 0 Å². The van der Waals surface area contributed by atoms with Crippen molar-refractivity contribution in [2.45, 2.75) is 38.1 Å². The van der Waals surface area contributed by atoms with E-state index in [2.05, 4.69) is 29.1 Å². The summed E-state index contributed by atoms with van der Waals surface area (Å²) in [5, 5.41) is 0. The molecule has 0 amide bonds. The Balaban J connectivity index is 2.17. The molecule has 0 saturated heterocycles. The molecule has 1 aliphatic rings. The Bertz CT molecular complexity index is 347. The van der Waals surface area contributed by atoms with E-state index in [4.69, 9.17) is 11.6 Å². The van der Waals surface area contributed by atoms with Gasteiger partial charge in [0.05, 0.1) is 0 Å². The highest BCUT2D eigenvalue weighted by Gasteiger charge is 2.22. The Morgan fingerprint density at radius 1 is 1.47 bits per heavy atom. The molecule has 1 heterocycles. The van der Waals surface area contributed by atoms with Crippen molar-refractivity contribution in [3.05, 3.63) is 23.4 Å². The van der Waals surface area contributed by atoms with E-state index < -0.39 is 0 Å². The zero-order valence-electron chi connectivity index (χ0n) is 9.33. The van der Waals surface area contributed by atoms with E-state index in [9.17, 15) is 0 Å². The predicted octanol–water partition coefficient (Wildman–Crippen LogP) is 3.12. The SMILES string of the molecule is Cc1nc(N(C)C2CCC2)ccc1CCl. The number of hydrogen-bond donors (Lipinski definition) is 0. The van der Waals surface area contributed by atoms with Gasteiger partial charge < -0.3 is 4.90 Å². The Morgan fingerprint density at radius 2 is 2.20 bits per heavy atom. The maximum Gasteiger partial charge on any atom is 0.128 e. The molecule has 3 heteroatoms. The van der Waals surface area contributed by atoms with Crippen molar-refractivity contribution in [2.24, 2.45) is 0 Å². The molecule has 1 aromatic rings. The molecule has 0 unspecified atom stereocenters. The molecule has 1 saturated carbocycles. The second-order valence-corrected chi connectivity index (χ2v) is 4.51. The highest BCUT2D eigenvalue weighted by molar-refractivity contribution is 6.17. The van der Waals surface area contributed by atoms with Crippen LogP contribution >= 0.6 is 11.6 Å². The van der Waals surface area contributed by atoms with Gasteiger partial charge in [0.15, 0.2) is 0 Å². The Kier molecular flexibility index (Phi) is 3.15. The summed E-state index contributed by atoms with van der Waals surface area (Å²) in [6.07, 6.45) is 3.96. The van der Waals surface area contributed by atoms with Crippen molar-refractivity contribution in [3.63, 3.8) is 0 Å². The standard InChI is InChI=1S/C12H17ClN2/c1-9-10(8-13)6-7-12(14-9)15(2)11-4-3-5-11/h6-7,11H,3-5,8H2,1-2H3. The first kappa shape index (κ1) is 10.7. The lowest BCUT2D eigenvalue weighted by Gasteiger charge is -2.35. The van der Waals surface area contributed by atoms with Crippen LogP contribution in [0.1, 0.15) is 30.5 Å². The van der Waals surface area contributed by atoms with Gasteiger partial charge in [0.25, 0.3) is 0 Å². The molecular weight excluding hydrogens is 208 g/mol. The third-order valence-electron chi connectivity index (χ3n) is 3.31. The van der Waals surface area contributed by atoms with E-state index in [1.165, 1.54) is 19.3 Å². The number of hydrogen-bond acceptors (Lipinski definition) is 2. The van der Waals surface area contributed by atoms with E-state index in [0.717, 1.165) is 17.1 Å². The minimum Gasteiger partial charge on any atom is -0.357 e. The van der Waals surface area contributed by atoms with Crippen molar-refractivity contribution in [2.75, 3.05) is 11.9 Å². The minimum atomic E-state index is 0.548. The Hall–Kier alpha value is -0.760. The molecule has 1 fully saturated rings. The number of pyridine rings is 1. The highest BCUT2D eigenvalue weighted by atomic mass is 35.5. The lowest BCUT2D eigenvalue weighted by Crippen LogP contribution is -2.37. The smallest absolute Gasteiger partial charge is 0.128 e. The van der Waals surface area contributed by atoms with E-state index in [1.807, 2.05) is 6.92 Å². The molecule has 0 atom stereocenters. The second kappa shape index (κ2) is 4.40. The summed E-state index contributed by atoms with van der Waals surface area (Å²) >= 11 is 5.81. The number of anilines is 1. The van der Waals surface area contributed by atoms with E-state index in [0.29, 0.717) is 11.9 Å². The maximum absolute atomic E-state index is 5.81. The van der Waals surface area contributed by atoms with Crippen LogP contribution in [-0.2, 0) is 5.88 Å². The number of aryl methyl sites for hydroxylation is 1. The number of halogens is 1. The molecule has 0 radical (unpaired) electrons. The summed E-state index contributed by atoms with van der Waals surface area (Å²) in [5.41, 5.74) is 2.18. The third-order valence-corrected chi connectivity index (χ3v) is 3.60. The Morgan fingerprint density at radius 3 is 2.67 bits per heavy atom. The lowest BCUT2D eigenvalue weighted by atomic mass is 9.92. The average Bonchev–Trinajstić information content (AvgIpc) is 2.15. The van der Waals surface area contributed by atoms with Crippen LogP contribution in [0, 0.1) is 6.92 Å². The van der Waals surface area contributed by atoms with Crippen molar-refractivity contribution in [1.29, 1.82) is 0 Å². The second-order valence-electron chi connectivity index (χ2n) is 4.24. The van der Waals surface area contributed by atoms with Gasteiger partial charge in [0.2, 0.25) is 0 Å². The molecule has 15 heavy (non-hydrogen) atoms. The number of alkyl halides is 1. The molecule has 0 spiro atoms. The number of nitrogens with zero attached hydrogens (tertiary/aromatic N) is 2. The zero-order chi connectivity index (χ0) is 10.8. The zero-order valence-corrected chi connectivity index (χ0v) is 10.1. The quantitative estimate of drug-likeness (QED) is 0.734. The summed E-state index contributed by atoms with van der Waals surface area (Å²) < 4.78 is 0. The van der Waals surface area contributed by atoms with Crippen molar-refractivity contribution >= 4 is 17.4 Å². The van der Waals surface area contributed by atoms with Crippen LogP contribution in [0.15, 0.2) is 12.1 Å². The molecule has 0 N–H and O–H groups in total. The summed E-state index contributed by atoms with van der Waals surface area (Å²) in [5.74, 6) is 1.62. The fourth-order valence-electron chi connectivity index (χ4n) is 1.88. The van der Waals surface area contributed by atoms with Crippen LogP contribution < -0.4 is 4.90 Å². The van der Waals surface area contributed by atoms with Gasteiger partial charge in [0, 0.05) is 24.7 Å². The van der Waals surface area contributed by atoms with Gasteiger partial charge in [-0.25, -0.2) is 4.98 Å². The van der Waals surface area contributed by atoms with Crippen LogP contribution in [-0.4, -0.2) is 18.1 Å². The topological polar surface area (TPSA) is 16.1 Å². The van der Waals surface area contributed by atoms with Gasteiger partial charge in [0.1, 0.15) is 5.82 Å². The van der Waals surface area contributed by atoms with Gasteiger partial charge in [-0.3, -0.25) is 0 Å². The first-order valence-corrected chi connectivity index (χ1v) is 6.01. The molecule has 2 nitrogen and oxygen atoms in total. The maximum atomic E-state index is 5.81. The molecule has 1 aliphatic carbocycles. The van der Waals surface area contributed by atoms with Crippen LogP contribution in [0.2, 0.25) is 0 Å². The van der Waals surface area contributed by atoms with Gasteiger partial charge in [-0.2, -0.15) is 0 Å². The van der Waals surface area contributed by atoms with E-state index in [-0.39, 0.29) is 0 Å². The van der Waals surface area contributed by atoms with Crippen molar-refractivity contribution in [1.82, 2.24) is 4.98 Å². The van der Waals surface area contributed by atoms with Gasteiger partial charge in [-0.1, -0.05) is 6.07 Å². The molecule has 0 bridgehead atoms. The third kappa shape index (κ3) is 2.10. The number of rotatable bonds is 3. The fourth-order valence-corrected chi connectivity index (χ4v) is 2.16. The van der Waals surface area contributed by atoms with Gasteiger partial charge in [-0.15, -0.1) is 11.6 Å². The van der Waals surface area contributed by atoms with Crippen LogP contribution in [0.25, 0.3) is 0 Å². The van der Waals surface area contributed by atoms with Gasteiger partial charge in [-0.05, 0) is 37.8 Å². The van der Waals surface area contributed by atoms with Crippen molar-refractivity contribution < 1.29 is 0 Å². The predicted molar refractivity (Wildman–Crippen MR) is 64.6 cm³/mol. The van der Waals surface area contributed by atoms with Crippen LogP contribution in [0.5, 0.6) is 0 Å². The first-order chi connectivity index (χ1) is 7.22.